The van der Waals surface area contributed by atoms with Gasteiger partial charge >= 0.3 is 0 Å². The predicted molar refractivity (Wildman–Crippen MR) is 115 cm³/mol. The van der Waals surface area contributed by atoms with Gasteiger partial charge in [0.05, 0.1) is 12.8 Å². The Labute approximate surface area is 187 Å². The molecule has 2 heterocycles. The van der Waals surface area contributed by atoms with Gasteiger partial charge in [-0.2, -0.15) is 0 Å². The Kier molecular flexibility index (Phi) is 6.40. The molecule has 0 atom stereocenters. The van der Waals surface area contributed by atoms with Gasteiger partial charge in [-0.3, -0.25) is 9.59 Å². The minimum absolute atomic E-state index is 0.0546. The average Bonchev–Trinajstić information content (AvgIpc) is 3.31. The maximum atomic E-state index is 13.8. The zero-order chi connectivity index (χ0) is 22.7. The van der Waals surface area contributed by atoms with Crippen LogP contribution in [0.4, 0.5) is 14.5 Å². The lowest BCUT2D eigenvalue weighted by Crippen LogP contribution is -2.37. The molecule has 0 unspecified atom stereocenters. The van der Waals surface area contributed by atoms with Gasteiger partial charge < -0.3 is 15.0 Å². The van der Waals surface area contributed by atoms with Gasteiger partial charge in [-0.25, -0.2) is 8.78 Å². The third-order valence-corrected chi connectivity index (χ3v) is 6.35. The third kappa shape index (κ3) is 4.75. The van der Waals surface area contributed by atoms with Gasteiger partial charge in [-0.05, 0) is 43.2 Å². The number of piperidine rings is 1. The second-order valence-electron chi connectivity index (χ2n) is 7.32. The van der Waals surface area contributed by atoms with E-state index >= 15 is 0 Å². The molecule has 1 N–H and O–H groups in total. The number of ether oxygens (including phenoxy) is 1. The summed E-state index contributed by atoms with van der Waals surface area (Å²) < 4.78 is 32.0. The van der Waals surface area contributed by atoms with Crippen molar-refractivity contribution >= 4 is 28.8 Å². The Morgan fingerprint density at radius 1 is 1.12 bits per heavy atom. The van der Waals surface area contributed by atoms with Crippen LogP contribution in [0.2, 0.25) is 0 Å². The molecular formula is C22H20F2N4O3S. The molecule has 1 aliphatic rings. The summed E-state index contributed by atoms with van der Waals surface area (Å²) in [6.07, 6.45) is 1.39. The molecule has 10 heteroatoms. The summed E-state index contributed by atoms with van der Waals surface area (Å²) in [7, 11) is 1.56. The summed E-state index contributed by atoms with van der Waals surface area (Å²) >= 11 is 1.14. The molecule has 3 aromatic rings. The summed E-state index contributed by atoms with van der Waals surface area (Å²) in [6.45, 7) is 1.12. The Morgan fingerprint density at radius 2 is 1.91 bits per heavy atom. The smallest absolute Gasteiger partial charge is 0.286 e. The van der Waals surface area contributed by atoms with E-state index in [2.05, 4.69) is 15.5 Å². The number of carbonyl (C=O) groups excluding carboxylic acids is 2. The summed E-state index contributed by atoms with van der Waals surface area (Å²) in [5, 5.41) is 11.2. The van der Waals surface area contributed by atoms with Crippen molar-refractivity contribution in [2.75, 3.05) is 25.5 Å². The first kappa shape index (κ1) is 21.8. The second kappa shape index (κ2) is 9.39. The molecular weight excluding hydrogens is 438 g/mol. The lowest BCUT2D eigenvalue weighted by Gasteiger charge is -2.31. The second-order valence-corrected chi connectivity index (χ2v) is 8.33. The van der Waals surface area contributed by atoms with Crippen LogP contribution < -0.4 is 10.1 Å². The monoisotopic (exact) mass is 458 g/mol. The lowest BCUT2D eigenvalue weighted by molar-refractivity contribution is 0.0712. The number of anilines is 1. The highest BCUT2D eigenvalue weighted by Crippen LogP contribution is 2.31. The Bertz CT molecular complexity index is 1150. The van der Waals surface area contributed by atoms with Crippen molar-refractivity contribution < 1.29 is 23.1 Å². The van der Waals surface area contributed by atoms with Crippen molar-refractivity contribution in [2.24, 2.45) is 0 Å². The molecule has 1 aliphatic heterocycles. The predicted octanol–water partition coefficient (Wildman–Crippen LogP) is 4.10. The number of carbonyl (C=O) groups is 2. The zero-order valence-corrected chi connectivity index (χ0v) is 18.0. The van der Waals surface area contributed by atoms with Crippen molar-refractivity contribution in [3.8, 4) is 5.75 Å². The Morgan fingerprint density at radius 3 is 2.62 bits per heavy atom. The standard InChI is InChI=1S/C22H20F2N4O3S/c1-31-16-4-2-3-14(11-16)22(30)28-9-7-13(8-10-28)20-26-27-21(32-20)19(29)25-18-6-5-15(23)12-17(18)24/h2-6,11-13H,7-10H2,1H3,(H,25,29). The van der Waals surface area contributed by atoms with Gasteiger partial charge in [0.2, 0.25) is 5.01 Å². The van der Waals surface area contributed by atoms with Crippen molar-refractivity contribution in [1.29, 1.82) is 0 Å². The van der Waals surface area contributed by atoms with Gasteiger partial charge in [0.25, 0.3) is 11.8 Å². The van der Waals surface area contributed by atoms with E-state index < -0.39 is 17.5 Å². The molecule has 166 valence electrons. The van der Waals surface area contributed by atoms with Crippen LogP contribution in [0.15, 0.2) is 42.5 Å². The Balaban J connectivity index is 1.36. The maximum absolute atomic E-state index is 13.8. The molecule has 0 saturated carbocycles. The SMILES string of the molecule is COc1cccc(C(=O)N2CCC(c3nnc(C(=O)Nc4ccc(F)cc4F)s3)CC2)c1. The van der Waals surface area contributed by atoms with Crippen LogP contribution in [0.1, 0.15) is 43.9 Å². The van der Waals surface area contributed by atoms with Crippen LogP contribution in [0, 0.1) is 11.6 Å². The van der Waals surface area contributed by atoms with Gasteiger partial charge in [-0.1, -0.05) is 17.4 Å². The molecule has 0 bridgehead atoms. The number of hydrogen-bond donors (Lipinski definition) is 1. The first-order valence-corrected chi connectivity index (χ1v) is 10.8. The summed E-state index contributed by atoms with van der Waals surface area (Å²) in [5.74, 6) is -1.55. The molecule has 1 fully saturated rings. The fourth-order valence-corrected chi connectivity index (χ4v) is 4.43. The largest absolute Gasteiger partial charge is 0.497 e. The van der Waals surface area contributed by atoms with Crippen molar-refractivity contribution in [3.63, 3.8) is 0 Å². The third-order valence-electron chi connectivity index (χ3n) is 5.26. The van der Waals surface area contributed by atoms with Gasteiger partial charge in [0, 0.05) is 30.6 Å². The minimum atomic E-state index is -0.865. The van der Waals surface area contributed by atoms with Gasteiger partial charge in [0.1, 0.15) is 22.4 Å². The Hall–Kier alpha value is -3.40. The molecule has 1 saturated heterocycles. The number of likely N-dealkylation sites (tertiary alicyclic amines) is 1. The van der Waals surface area contributed by atoms with Crippen LogP contribution in [0.25, 0.3) is 0 Å². The summed E-state index contributed by atoms with van der Waals surface area (Å²) in [4.78, 5) is 26.9. The fraction of sp³-hybridized carbons (Fsp3) is 0.273. The van der Waals surface area contributed by atoms with E-state index in [0.717, 1.165) is 23.5 Å². The number of amides is 2. The van der Waals surface area contributed by atoms with Crippen LogP contribution in [0.3, 0.4) is 0 Å². The number of hydrogen-bond acceptors (Lipinski definition) is 6. The highest BCUT2D eigenvalue weighted by atomic mass is 32.1. The highest BCUT2D eigenvalue weighted by molar-refractivity contribution is 7.13. The van der Waals surface area contributed by atoms with Crippen molar-refractivity contribution in [1.82, 2.24) is 15.1 Å². The molecule has 32 heavy (non-hydrogen) atoms. The number of aromatic nitrogens is 2. The normalized spacial score (nSPS) is 14.3. The first-order valence-electron chi connectivity index (χ1n) is 9.97. The number of methoxy groups -OCH3 is 1. The zero-order valence-electron chi connectivity index (χ0n) is 17.2. The van der Waals surface area contributed by atoms with Crippen LogP contribution >= 0.6 is 11.3 Å². The van der Waals surface area contributed by atoms with E-state index in [9.17, 15) is 18.4 Å². The summed E-state index contributed by atoms with van der Waals surface area (Å²) in [5.41, 5.74) is 0.447. The molecule has 0 radical (unpaired) electrons. The number of nitrogens with one attached hydrogen (secondary N) is 1. The molecule has 0 aliphatic carbocycles. The fourth-order valence-electron chi connectivity index (χ4n) is 3.53. The van der Waals surface area contributed by atoms with Crippen LogP contribution in [-0.2, 0) is 0 Å². The van der Waals surface area contributed by atoms with Crippen molar-refractivity contribution in [2.45, 2.75) is 18.8 Å². The van der Waals surface area contributed by atoms with E-state index in [4.69, 9.17) is 4.74 Å². The van der Waals surface area contributed by atoms with E-state index in [1.165, 1.54) is 0 Å². The number of halogens is 2. The van der Waals surface area contributed by atoms with E-state index in [-0.39, 0.29) is 22.5 Å². The van der Waals surface area contributed by atoms with E-state index in [1.54, 1.807) is 36.3 Å². The quantitative estimate of drug-likeness (QED) is 0.622. The summed E-state index contributed by atoms with van der Waals surface area (Å²) in [6, 6.07) is 9.96. The van der Waals surface area contributed by atoms with Crippen LogP contribution in [-0.4, -0.2) is 47.1 Å². The van der Waals surface area contributed by atoms with Gasteiger partial charge in [-0.15, -0.1) is 10.2 Å². The molecule has 4 rings (SSSR count). The number of benzene rings is 2. The van der Waals surface area contributed by atoms with Gasteiger partial charge in [0.15, 0.2) is 0 Å². The van der Waals surface area contributed by atoms with E-state index in [0.29, 0.717) is 48.3 Å². The first-order chi connectivity index (χ1) is 15.4. The molecule has 2 amide bonds. The number of nitrogens with zero attached hydrogens (tertiary/aromatic N) is 3. The van der Waals surface area contributed by atoms with Crippen molar-refractivity contribution in [3.05, 3.63) is 69.7 Å². The van der Waals surface area contributed by atoms with Crippen LogP contribution in [0.5, 0.6) is 5.75 Å². The number of rotatable bonds is 5. The topological polar surface area (TPSA) is 84.4 Å². The molecule has 7 nitrogen and oxygen atoms in total. The molecule has 0 spiro atoms. The molecule has 1 aromatic heterocycles. The molecule has 2 aromatic carbocycles. The highest BCUT2D eigenvalue weighted by Gasteiger charge is 2.28. The maximum Gasteiger partial charge on any atom is 0.286 e. The average molecular weight is 458 g/mol. The lowest BCUT2D eigenvalue weighted by atomic mass is 9.97. The minimum Gasteiger partial charge on any atom is -0.497 e. The van der Waals surface area contributed by atoms with E-state index in [1.807, 2.05) is 0 Å².